The number of ether oxygens (including phenoxy) is 2. The van der Waals surface area contributed by atoms with Gasteiger partial charge in [-0.2, -0.15) is 0 Å². The summed E-state index contributed by atoms with van der Waals surface area (Å²) in [4.78, 5) is 50.2. The number of imide groups is 2. The quantitative estimate of drug-likeness (QED) is 0.448. The molecule has 1 heterocycles. The summed E-state index contributed by atoms with van der Waals surface area (Å²) >= 11 is 0. The highest BCUT2D eigenvalue weighted by Gasteiger charge is 2.36. The predicted octanol–water partition coefficient (Wildman–Crippen LogP) is 2.93. The van der Waals surface area contributed by atoms with Gasteiger partial charge in [-0.3, -0.25) is 14.9 Å². The van der Waals surface area contributed by atoms with Crippen LogP contribution in [0.15, 0.2) is 54.1 Å². The Morgan fingerprint density at radius 2 is 1.77 bits per heavy atom. The van der Waals surface area contributed by atoms with Gasteiger partial charge in [-0.1, -0.05) is 12.1 Å². The molecule has 0 bridgehead atoms. The van der Waals surface area contributed by atoms with Gasteiger partial charge in [-0.25, -0.2) is 14.5 Å². The summed E-state index contributed by atoms with van der Waals surface area (Å²) in [5.74, 6) is -1.47. The number of urea groups is 1. The van der Waals surface area contributed by atoms with Crippen LogP contribution in [0.4, 0.5) is 10.5 Å². The molecule has 1 saturated heterocycles. The molecule has 3 rings (SSSR count). The molecule has 0 aliphatic carbocycles. The molecule has 30 heavy (non-hydrogen) atoms. The van der Waals surface area contributed by atoms with E-state index in [-0.39, 0.29) is 23.4 Å². The second-order valence-corrected chi connectivity index (χ2v) is 6.23. The number of carbonyl (C=O) groups is 4. The highest BCUT2D eigenvalue weighted by molar-refractivity contribution is 6.39. The monoisotopic (exact) mass is 408 g/mol. The highest BCUT2D eigenvalue weighted by atomic mass is 16.5. The van der Waals surface area contributed by atoms with E-state index in [1.807, 2.05) is 6.92 Å². The fourth-order valence-corrected chi connectivity index (χ4v) is 2.88. The van der Waals surface area contributed by atoms with Crippen molar-refractivity contribution in [2.45, 2.75) is 13.8 Å². The van der Waals surface area contributed by atoms with E-state index in [9.17, 15) is 19.2 Å². The van der Waals surface area contributed by atoms with E-state index in [0.29, 0.717) is 17.9 Å². The lowest BCUT2D eigenvalue weighted by Gasteiger charge is -2.26. The summed E-state index contributed by atoms with van der Waals surface area (Å²) in [6.07, 6.45) is 1.40. The molecule has 0 atom stereocenters. The van der Waals surface area contributed by atoms with E-state index in [4.69, 9.17) is 9.47 Å². The third-order valence-electron chi connectivity index (χ3n) is 4.22. The van der Waals surface area contributed by atoms with Crippen LogP contribution in [0, 0.1) is 0 Å². The van der Waals surface area contributed by atoms with Crippen LogP contribution in [0.1, 0.15) is 29.8 Å². The van der Waals surface area contributed by atoms with Gasteiger partial charge in [-0.15, -0.1) is 0 Å². The van der Waals surface area contributed by atoms with Crippen LogP contribution in [0.5, 0.6) is 5.75 Å². The fraction of sp³-hybridized carbons (Fsp3) is 0.182. The largest absolute Gasteiger partial charge is 0.494 e. The van der Waals surface area contributed by atoms with E-state index in [0.717, 1.165) is 4.90 Å². The lowest BCUT2D eigenvalue weighted by Crippen LogP contribution is -2.54. The minimum Gasteiger partial charge on any atom is -0.494 e. The predicted molar refractivity (Wildman–Crippen MR) is 109 cm³/mol. The molecule has 8 heteroatoms. The Kier molecular flexibility index (Phi) is 6.26. The van der Waals surface area contributed by atoms with Crippen LogP contribution in [0.2, 0.25) is 0 Å². The average molecular weight is 408 g/mol. The number of nitrogens with one attached hydrogen (secondary N) is 1. The van der Waals surface area contributed by atoms with Crippen molar-refractivity contribution in [3.63, 3.8) is 0 Å². The molecule has 1 aliphatic rings. The minimum atomic E-state index is -0.867. The molecule has 154 valence electrons. The van der Waals surface area contributed by atoms with Crippen LogP contribution in [0.25, 0.3) is 6.08 Å². The maximum absolute atomic E-state index is 12.9. The zero-order valence-electron chi connectivity index (χ0n) is 16.5. The molecule has 1 N–H and O–H groups in total. The van der Waals surface area contributed by atoms with Gasteiger partial charge in [0.05, 0.1) is 24.5 Å². The van der Waals surface area contributed by atoms with Crippen molar-refractivity contribution in [1.29, 1.82) is 0 Å². The van der Waals surface area contributed by atoms with Gasteiger partial charge in [0, 0.05) is 0 Å². The van der Waals surface area contributed by atoms with Gasteiger partial charge in [0.2, 0.25) is 0 Å². The summed E-state index contributed by atoms with van der Waals surface area (Å²) in [5, 5.41) is 2.16. The number of barbiturate groups is 1. The summed E-state index contributed by atoms with van der Waals surface area (Å²) in [6, 6.07) is 11.8. The minimum absolute atomic E-state index is 0.197. The smallest absolute Gasteiger partial charge is 0.338 e. The number of rotatable bonds is 6. The fourth-order valence-electron chi connectivity index (χ4n) is 2.88. The molecule has 2 aromatic rings. The van der Waals surface area contributed by atoms with Gasteiger partial charge in [0.25, 0.3) is 11.8 Å². The van der Waals surface area contributed by atoms with Crippen LogP contribution >= 0.6 is 0 Å². The number of esters is 1. The van der Waals surface area contributed by atoms with E-state index in [1.165, 1.54) is 30.3 Å². The molecule has 0 aromatic heterocycles. The number of anilines is 1. The van der Waals surface area contributed by atoms with Crippen molar-refractivity contribution < 1.29 is 28.7 Å². The standard InChI is InChI=1S/C22H20N2O6/c1-3-29-17-7-5-6-14(12-17)13-18-19(25)23-22(28)24(20(18)26)16-10-8-15(9-11-16)21(27)30-4-2/h5-13H,3-4H2,1-2H3,(H,23,25,28)/b18-13+. The Hall–Kier alpha value is -3.94. The Labute approximate surface area is 173 Å². The van der Waals surface area contributed by atoms with Crippen LogP contribution in [-0.2, 0) is 14.3 Å². The Bertz CT molecular complexity index is 1030. The first-order valence-electron chi connectivity index (χ1n) is 9.36. The molecule has 1 aliphatic heterocycles. The van der Waals surface area contributed by atoms with Crippen molar-refractivity contribution in [2.24, 2.45) is 0 Å². The average Bonchev–Trinajstić information content (AvgIpc) is 2.72. The SMILES string of the molecule is CCOC(=O)c1ccc(N2C(=O)NC(=O)/C(=C\c3cccc(OCC)c3)C2=O)cc1. The summed E-state index contributed by atoms with van der Waals surface area (Å²) in [5.41, 5.74) is 0.876. The number of amides is 4. The maximum atomic E-state index is 12.9. The van der Waals surface area contributed by atoms with Gasteiger partial charge < -0.3 is 9.47 Å². The Balaban J connectivity index is 1.91. The molecule has 0 unspecified atom stereocenters. The third kappa shape index (κ3) is 4.38. The molecular formula is C22H20N2O6. The van der Waals surface area contributed by atoms with Crippen LogP contribution in [0.3, 0.4) is 0 Å². The number of benzene rings is 2. The van der Waals surface area contributed by atoms with Crippen molar-refractivity contribution in [2.75, 3.05) is 18.1 Å². The molecule has 0 saturated carbocycles. The first kappa shape index (κ1) is 20.8. The number of nitrogens with zero attached hydrogens (tertiary/aromatic N) is 1. The lowest BCUT2D eigenvalue weighted by atomic mass is 10.1. The molecule has 4 amide bonds. The van der Waals surface area contributed by atoms with Crippen molar-refractivity contribution >= 4 is 35.6 Å². The molecule has 0 spiro atoms. The number of carbonyl (C=O) groups excluding carboxylic acids is 4. The number of hydrogen-bond donors (Lipinski definition) is 1. The first-order chi connectivity index (χ1) is 14.4. The molecular weight excluding hydrogens is 388 g/mol. The van der Waals surface area contributed by atoms with Gasteiger partial charge >= 0.3 is 12.0 Å². The maximum Gasteiger partial charge on any atom is 0.338 e. The molecule has 2 aromatic carbocycles. The van der Waals surface area contributed by atoms with E-state index in [2.05, 4.69) is 5.32 Å². The summed E-state index contributed by atoms with van der Waals surface area (Å²) in [7, 11) is 0. The second kappa shape index (κ2) is 9.04. The third-order valence-corrected chi connectivity index (χ3v) is 4.22. The Morgan fingerprint density at radius 1 is 1.03 bits per heavy atom. The molecule has 1 fully saturated rings. The Morgan fingerprint density at radius 3 is 2.43 bits per heavy atom. The van der Waals surface area contributed by atoms with E-state index >= 15 is 0 Å². The van der Waals surface area contributed by atoms with Crippen LogP contribution in [-0.4, -0.2) is 37.0 Å². The van der Waals surface area contributed by atoms with E-state index in [1.54, 1.807) is 31.2 Å². The van der Waals surface area contributed by atoms with Crippen LogP contribution < -0.4 is 15.0 Å². The normalized spacial score (nSPS) is 15.2. The second-order valence-electron chi connectivity index (χ2n) is 6.23. The highest BCUT2D eigenvalue weighted by Crippen LogP contribution is 2.23. The van der Waals surface area contributed by atoms with Gasteiger partial charge in [0.15, 0.2) is 0 Å². The van der Waals surface area contributed by atoms with Crippen molar-refractivity contribution in [3.05, 3.63) is 65.2 Å². The number of hydrogen-bond acceptors (Lipinski definition) is 6. The van der Waals surface area contributed by atoms with Gasteiger partial charge in [0.1, 0.15) is 11.3 Å². The molecule has 8 nitrogen and oxygen atoms in total. The lowest BCUT2D eigenvalue weighted by molar-refractivity contribution is -0.122. The van der Waals surface area contributed by atoms with Crippen molar-refractivity contribution in [3.8, 4) is 5.75 Å². The summed E-state index contributed by atoms with van der Waals surface area (Å²) < 4.78 is 10.3. The molecule has 0 radical (unpaired) electrons. The first-order valence-corrected chi connectivity index (χ1v) is 9.36. The van der Waals surface area contributed by atoms with E-state index < -0.39 is 23.8 Å². The zero-order chi connectivity index (χ0) is 21.7. The van der Waals surface area contributed by atoms with Gasteiger partial charge in [-0.05, 0) is 61.9 Å². The van der Waals surface area contributed by atoms with Crippen molar-refractivity contribution in [1.82, 2.24) is 5.32 Å². The zero-order valence-corrected chi connectivity index (χ0v) is 16.5. The topological polar surface area (TPSA) is 102 Å². The summed E-state index contributed by atoms with van der Waals surface area (Å²) in [6.45, 7) is 4.25.